The summed E-state index contributed by atoms with van der Waals surface area (Å²) < 4.78 is 4.67. The molecule has 1 rings (SSSR count). The monoisotopic (exact) mass is 237 g/mol. The van der Waals surface area contributed by atoms with Gasteiger partial charge in [0.05, 0.1) is 18.4 Å². The number of unbranched alkanes of at least 4 members (excludes halogenated alkanes) is 1. The van der Waals surface area contributed by atoms with E-state index in [4.69, 9.17) is 5.73 Å². The molecule has 0 fully saturated rings. The van der Waals surface area contributed by atoms with Crippen LogP contribution in [0.1, 0.15) is 30.1 Å². The number of rotatable bonds is 5. The third kappa shape index (κ3) is 3.09. The van der Waals surface area contributed by atoms with Gasteiger partial charge in [0.1, 0.15) is 0 Å². The molecule has 0 unspecified atom stereocenters. The minimum Gasteiger partial charge on any atom is -0.465 e. The average molecular weight is 237 g/mol. The first-order valence-electron chi connectivity index (χ1n) is 5.65. The lowest BCUT2D eigenvalue weighted by molar-refractivity contribution is 0.0602. The Morgan fingerprint density at radius 3 is 2.88 bits per heavy atom. The summed E-state index contributed by atoms with van der Waals surface area (Å²) in [6.07, 6.45) is 3.72. The molecule has 17 heavy (non-hydrogen) atoms. The van der Waals surface area contributed by atoms with Crippen LogP contribution in [0.2, 0.25) is 0 Å². The molecular formula is C12H19N3O2. The van der Waals surface area contributed by atoms with Gasteiger partial charge in [-0.05, 0) is 12.5 Å². The van der Waals surface area contributed by atoms with E-state index in [2.05, 4.69) is 16.6 Å². The van der Waals surface area contributed by atoms with Crippen molar-refractivity contribution in [2.45, 2.75) is 19.8 Å². The molecule has 5 heteroatoms. The quantitative estimate of drug-likeness (QED) is 0.789. The van der Waals surface area contributed by atoms with Gasteiger partial charge in [-0.15, -0.1) is 0 Å². The van der Waals surface area contributed by atoms with Gasteiger partial charge in [0.2, 0.25) is 0 Å². The predicted molar refractivity (Wildman–Crippen MR) is 68.2 cm³/mol. The van der Waals surface area contributed by atoms with E-state index < -0.39 is 5.97 Å². The summed E-state index contributed by atoms with van der Waals surface area (Å²) in [4.78, 5) is 17.6. The van der Waals surface area contributed by atoms with Gasteiger partial charge in [-0.1, -0.05) is 13.3 Å². The van der Waals surface area contributed by atoms with Crippen molar-refractivity contribution in [1.82, 2.24) is 4.98 Å². The van der Waals surface area contributed by atoms with Crippen LogP contribution in [0.15, 0.2) is 12.3 Å². The molecule has 0 radical (unpaired) electrons. The molecule has 0 atom stereocenters. The first kappa shape index (κ1) is 13.3. The number of hydrogen-bond donors (Lipinski definition) is 1. The fourth-order valence-corrected chi connectivity index (χ4v) is 1.56. The van der Waals surface area contributed by atoms with Gasteiger partial charge in [-0.3, -0.25) is 0 Å². The number of pyridine rings is 1. The van der Waals surface area contributed by atoms with Crippen LogP contribution in [0.5, 0.6) is 0 Å². The number of esters is 1. The molecule has 1 aromatic rings. The molecule has 0 aliphatic heterocycles. The number of nitrogen functional groups attached to an aromatic ring is 1. The number of anilines is 2. The summed E-state index contributed by atoms with van der Waals surface area (Å²) in [6.45, 7) is 2.98. The molecule has 0 saturated heterocycles. The Hall–Kier alpha value is -1.78. The van der Waals surface area contributed by atoms with E-state index in [0.29, 0.717) is 17.1 Å². The Labute approximate surface area is 102 Å². The summed E-state index contributed by atoms with van der Waals surface area (Å²) >= 11 is 0. The van der Waals surface area contributed by atoms with Crippen molar-refractivity contribution >= 4 is 17.5 Å². The first-order valence-corrected chi connectivity index (χ1v) is 5.65. The van der Waals surface area contributed by atoms with Crippen molar-refractivity contribution in [1.29, 1.82) is 0 Å². The number of carbonyl (C=O) groups excluding carboxylic acids is 1. The summed E-state index contributed by atoms with van der Waals surface area (Å²) in [5.41, 5.74) is 6.66. The van der Waals surface area contributed by atoms with E-state index in [1.165, 1.54) is 7.11 Å². The van der Waals surface area contributed by atoms with Crippen LogP contribution in [-0.2, 0) is 4.74 Å². The molecule has 2 N–H and O–H groups in total. The Morgan fingerprint density at radius 1 is 1.59 bits per heavy atom. The second kappa shape index (κ2) is 6.08. The Bertz CT molecular complexity index is 393. The van der Waals surface area contributed by atoms with Crippen LogP contribution in [0.4, 0.5) is 11.5 Å². The minimum absolute atomic E-state index is 0.362. The van der Waals surface area contributed by atoms with E-state index in [1.807, 2.05) is 11.9 Å². The van der Waals surface area contributed by atoms with Gasteiger partial charge in [0.25, 0.3) is 0 Å². The topological polar surface area (TPSA) is 68.5 Å². The highest BCUT2D eigenvalue weighted by molar-refractivity contribution is 5.97. The fraction of sp³-hybridized carbons (Fsp3) is 0.500. The lowest BCUT2D eigenvalue weighted by Crippen LogP contribution is -2.22. The average Bonchev–Trinajstić information content (AvgIpc) is 2.35. The number of carbonyl (C=O) groups is 1. The molecule has 0 bridgehead atoms. The third-order valence-electron chi connectivity index (χ3n) is 2.58. The minimum atomic E-state index is -0.435. The highest BCUT2D eigenvalue weighted by Gasteiger charge is 2.15. The Balaban J connectivity index is 2.97. The van der Waals surface area contributed by atoms with Crippen LogP contribution in [-0.4, -0.2) is 31.7 Å². The summed E-state index contributed by atoms with van der Waals surface area (Å²) in [7, 11) is 3.25. The van der Waals surface area contributed by atoms with Crippen molar-refractivity contribution in [2.75, 3.05) is 31.3 Å². The van der Waals surface area contributed by atoms with Crippen molar-refractivity contribution in [3.8, 4) is 0 Å². The van der Waals surface area contributed by atoms with E-state index in [9.17, 15) is 4.79 Å². The zero-order chi connectivity index (χ0) is 12.8. The zero-order valence-electron chi connectivity index (χ0n) is 10.6. The van der Waals surface area contributed by atoms with Gasteiger partial charge < -0.3 is 15.4 Å². The zero-order valence-corrected chi connectivity index (χ0v) is 10.6. The Morgan fingerprint density at radius 2 is 2.29 bits per heavy atom. The number of nitrogens with zero attached hydrogens (tertiary/aromatic N) is 2. The third-order valence-corrected chi connectivity index (χ3v) is 2.58. The second-order valence-electron chi connectivity index (χ2n) is 3.86. The summed E-state index contributed by atoms with van der Waals surface area (Å²) in [5, 5.41) is 0. The smallest absolute Gasteiger partial charge is 0.340 e. The number of methoxy groups -OCH3 is 1. The van der Waals surface area contributed by atoms with Crippen LogP contribution < -0.4 is 10.6 Å². The SMILES string of the molecule is CCCCN(C)c1nccc(C(=O)OC)c1N. The van der Waals surface area contributed by atoms with Crippen LogP contribution in [0, 0.1) is 0 Å². The lowest BCUT2D eigenvalue weighted by Gasteiger charge is -2.20. The molecule has 0 amide bonds. The number of hydrogen-bond acceptors (Lipinski definition) is 5. The second-order valence-corrected chi connectivity index (χ2v) is 3.86. The van der Waals surface area contributed by atoms with E-state index in [-0.39, 0.29) is 0 Å². The largest absolute Gasteiger partial charge is 0.465 e. The maximum absolute atomic E-state index is 11.5. The number of ether oxygens (including phenoxy) is 1. The molecule has 94 valence electrons. The van der Waals surface area contributed by atoms with Gasteiger partial charge in [-0.2, -0.15) is 0 Å². The molecular weight excluding hydrogens is 218 g/mol. The van der Waals surface area contributed by atoms with Crippen molar-refractivity contribution in [3.05, 3.63) is 17.8 Å². The van der Waals surface area contributed by atoms with Crippen molar-refractivity contribution < 1.29 is 9.53 Å². The van der Waals surface area contributed by atoms with Crippen LogP contribution >= 0.6 is 0 Å². The summed E-state index contributed by atoms with van der Waals surface area (Å²) in [6, 6.07) is 1.57. The van der Waals surface area contributed by atoms with Gasteiger partial charge in [0, 0.05) is 19.8 Å². The number of nitrogens with two attached hydrogens (primary N) is 1. The predicted octanol–water partition coefficient (Wildman–Crippen LogP) is 1.69. The molecule has 0 aliphatic rings. The summed E-state index contributed by atoms with van der Waals surface area (Å²) in [5.74, 6) is 0.191. The van der Waals surface area contributed by atoms with Gasteiger partial charge in [-0.25, -0.2) is 9.78 Å². The van der Waals surface area contributed by atoms with Crippen molar-refractivity contribution in [2.24, 2.45) is 0 Å². The molecule has 1 heterocycles. The molecule has 0 spiro atoms. The number of aromatic nitrogens is 1. The highest BCUT2D eigenvalue weighted by Crippen LogP contribution is 2.23. The molecule has 0 aliphatic carbocycles. The maximum atomic E-state index is 11.5. The van der Waals surface area contributed by atoms with Gasteiger partial charge >= 0.3 is 5.97 Å². The standard InChI is InChI=1S/C12H19N3O2/c1-4-5-8-15(2)11-10(13)9(6-7-14-11)12(16)17-3/h6-7H,4-5,8,13H2,1-3H3. The van der Waals surface area contributed by atoms with Crippen molar-refractivity contribution in [3.63, 3.8) is 0 Å². The first-order chi connectivity index (χ1) is 8.11. The van der Waals surface area contributed by atoms with E-state index in [0.717, 1.165) is 19.4 Å². The lowest BCUT2D eigenvalue weighted by atomic mass is 10.2. The molecule has 1 aromatic heterocycles. The van der Waals surface area contributed by atoms with E-state index in [1.54, 1.807) is 12.3 Å². The van der Waals surface area contributed by atoms with E-state index >= 15 is 0 Å². The van der Waals surface area contributed by atoms with Crippen LogP contribution in [0.25, 0.3) is 0 Å². The highest BCUT2D eigenvalue weighted by atomic mass is 16.5. The fourth-order valence-electron chi connectivity index (χ4n) is 1.56. The van der Waals surface area contributed by atoms with Gasteiger partial charge in [0.15, 0.2) is 5.82 Å². The maximum Gasteiger partial charge on any atom is 0.340 e. The van der Waals surface area contributed by atoms with Crippen LogP contribution in [0.3, 0.4) is 0 Å². The normalized spacial score (nSPS) is 10.1. The molecule has 0 aromatic carbocycles. The molecule has 0 saturated carbocycles. The Kier molecular flexibility index (Phi) is 4.75. The molecule has 5 nitrogen and oxygen atoms in total.